The number of Topliss-reactive ketones (excluding diaryl/α,β-unsaturated/α-hetero) is 1. The van der Waals surface area contributed by atoms with Gasteiger partial charge in [-0.25, -0.2) is 0 Å². The van der Waals surface area contributed by atoms with Crippen LogP contribution in [0.4, 0.5) is 0 Å². The van der Waals surface area contributed by atoms with Crippen molar-refractivity contribution in [3.63, 3.8) is 0 Å². The topological polar surface area (TPSA) is 87.4 Å². The first-order valence-electron chi connectivity index (χ1n) is 6.65. The van der Waals surface area contributed by atoms with Crippen LogP contribution < -0.4 is 0 Å². The van der Waals surface area contributed by atoms with Gasteiger partial charge in [-0.05, 0) is 25.7 Å². The van der Waals surface area contributed by atoms with Crippen LogP contribution in [-0.4, -0.2) is 23.5 Å². The monoisotopic (exact) mass is 263 g/mol. The van der Waals surface area contributed by atoms with Gasteiger partial charge in [-0.3, -0.25) is 9.59 Å². The van der Waals surface area contributed by atoms with Crippen molar-refractivity contribution in [2.24, 2.45) is 17.8 Å². The molecule has 5 heteroatoms. The van der Waals surface area contributed by atoms with Crippen LogP contribution >= 0.6 is 0 Å². The number of aliphatic hydroxyl groups is 1. The van der Waals surface area contributed by atoms with Gasteiger partial charge >= 0.3 is 5.97 Å². The number of allylic oxidation sites excluding steroid dienone is 2. The van der Waals surface area contributed by atoms with Crippen LogP contribution in [0.25, 0.3) is 0 Å². The predicted octanol–water partition coefficient (Wildman–Crippen LogP) is 1.89. The lowest BCUT2D eigenvalue weighted by Gasteiger charge is -2.38. The largest absolute Gasteiger partial charge is 0.510 e. The van der Waals surface area contributed by atoms with E-state index in [1.807, 2.05) is 0 Å². The Kier molecular flexibility index (Phi) is 3.89. The molecule has 0 heterocycles. The molecule has 0 bridgehead atoms. The van der Waals surface area contributed by atoms with Gasteiger partial charge in [-0.15, -0.1) is 0 Å². The Labute approximate surface area is 111 Å². The fourth-order valence-electron chi connectivity index (χ4n) is 3.19. The second-order valence-electron chi connectivity index (χ2n) is 5.02. The highest BCUT2D eigenvalue weighted by atomic mass is 16.5. The zero-order valence-electron chi connectivity index (χ0n) is 10.9. The molecule has 0 aromatic heterocycles. The summed E-state index contributed by atoms with van der Waals surface area (Å²) in [6, 6.07) is 1.74. The van der Waals surface area contributed by atoms with Crippen molar-refractivity contribution < 1.29 is 19.4 Å². The van der Waals surface area contributed by atoms with Crippen LogP contribution in [0.5, 0.6) is 0 Å². The number of nitriles is 1. The SMILES string of the molecule is CCOC(=O)[C@H]1C(=O)C(C#N)=C(O)[C@H]2CCCC[C@H]12. The van der Waals surface area contributed by atoms with E-state index in [1.165, 1.54) is 0 Å². The van der Waals surface area contributed by atoms with Gasteiger partial charge in [0.2, 0.25) is 0 Å². The van der Waals surface area contributed by atoms with Crippen LogP contribution in [0.3, 0.4) is 0 Å². The fourth-order valence-corrected chi connectivity index (χ4v) is 3.19. The summed E-state index contributed by atoms with van der Waals surface area (Å²) in [7, 11) is 0. The number of ketones is 1. The van der Waals surface area contributed by atoms with Crippen molar-refractivity contribution >= 4 is 11.8 Å². The highest BCUT2D eigenvalue weighted by molar-refractivity contribution is 6.11. The van der Waals surface area contributed by atoms with Gasteiger partial charge in [-0.2, -0.15) is 5.26 Å². The summed E-state index contributed by atoms with van der Waals surface area (Å²) in [5.74, 6) is -2.67. The summed E-state index contributed by atoms with van der Waals surface area (Å²) in [5.41, 5.74) is -0.263. The number of hydrogen-bond acceptors (Lipinski definition) is 5. The molecule has 1 saturated carbocycles. The first kappa shape index (κ1) is 13.6. The number of rotatable bonds is 2. The van der Waals surface area contributed by atoms with Crippen LogP contribution in [0.1, 0.15) is 32.6 Å². The van der Waals surface area contributed by atoms with E-state index in [0.717, 1.165) is 12.8 Å². The molecule has 0 spiro atoms. The lowest BCUT2D eigenvalue weighted by atomic mass is 9.65. The second-order valence-corrected chi connectivity index (χ2v) is 5.02. The third-order valence-electron chi connectivity index (χ3n) is 4.04. The number of carbonyl (C=O) groups excluding carboxylic acids is 2. The Morgan fingerprint density at radius 2 is 2.16 bits per heavy atom. The van der Waals surface area contributed by atoms with E-state index in [9.17, 15) is 14.7 Å². The van der Waals surface area contributed by atoms with Crippen molar-refractivity contribution in [2.75, 3.05) is 6.61 Å². The van der Waals surface area contributed by atoms with E-state index < -0.39 is 17.7 Å². The van der Waals surface area contributed by atoms with E-state index in [2.05, 4.69) is 0 Å². The summed E-state index contributed by atoms with van der Waals surface area (Å²) < 4.78 is 4.96. The van der Waals surface area contributed by atoms with Gasteiger partial charge in [-0.1, -0.05) is 12.8 Å². The van der Waals surface area contributed by atoms with Crippen molar-refractivity contribution in [1.29, 1.82) is 5.26 Å². The average Bonchev–Trinajstić information content (AvgIpc) is 2.40. The highest BCUT2D eigenvalue weighted by Gasteiger charge is 2.48. The molecule has 0 aromatic rings. The molecule has 2 aliphatic carbocycles. The minimum absolute atomic E-state index is 0.127. The zero-order chi connectivity index (χ0) is 14.0. The minimum Gasteiger partial charge on any atom is -0.510 e. The molecule has 0 radical (unpaired) electrons. The lowest BCUT2D eigenvalue weighted by Crippen LogP contribution is -2.43. The third-order valence-corrected chi connectivity index (χ3v) is 4.04. The van der Waals surface area contributed by atoms with E-state index in [1.54, 1.807) is 13.0 Å². The molecular formula is C14H17NO4. The van der Waals surface area contributed by atoms with E-state index in [0.29, 0.717) is 12.8 Å². The molecule has 0 amide bonds. The van der Waals surface area contributed by atoms with Crippen molar-refractivity contribution in [3.8, 4) is 6.07 Å². The van der Waals surface area contributed by atoms with Crippen molar-refractivity contribution in [1.82, 2.24) is 0 Å². The van der Waals surface area contributed by atoms with Gasteiger partial charge in [0.1, 0.15) is 23.3 Å². The number of nitrogens with zero attached hydrogens (tertiary/aromatic N) is 1. The Hall–Kier alpha value is -1.83. The molecule has 5 nitrogen and oxygen atoms in total. The normalized spacial score (nSPS) is 30.5. The smallest absolute Gasteiger partial charge is 0.317 e. The molecule has 0 aliphatic heterocycles. The number of esters is 1. The molecule has 19 heavy (non-hydrogen) atoms. The number of hydrogen-bond donors (Lipinski definition) is 1. The summed E-state index contributed by atoms with van der Waals surface area (Å²) >= 11 is 0. The van der Waals surface area contributed by atoms with E-state index in [-0.39, 0.29) is 29.8 Å². The third kappa shape index (κ3) is 2.23. The standard InChI is InChI=1S/C14H17NO4/c1-2-19-14(18)11-8-5-3-4-6-9(8)12(16)10(7-15)13(11)17/h8-9,11,16H,2-6H2,1H3/t8-,9-,11+/m0/s1. The van der Waals surface area contributed by atoms with Gasteiger partial charge in [0.25, 0.3) is 0 Å². The van der Waals surface area contributed by atoms with E-state index in [4.69, 9.17) is 10.00 Å². The van der Waals surface area contributed by atoms with E-state index >= 15 is 0 Å². The minimum atomic E-state index is -0.921. The zero-order valence-corrected chi connectivity index (χ0v) is 10.9. The maximum absolute atomic E-state index is 12.2. The predicted molar refractivity (Wildman–Crippen MR) is 65.8 cm³/mol. The average molecular weight is 263 g/mol. The first-order valence-corrected chi connectivity index (χ1v) is 6.65. The lowest BCUT2D eigenvalue weighted by molar-refractivity contribution is -0.155. The Bertz CT molecular complexity index is 474. The Morgan fingerprint density at radius 1 is 1.47 bits per heavy atom. The molecule has 3 atom stereocenters. The van der Waals surface area contributed by atoms with Gasteiger partial charge < -0.3 is 9.84 Å². The molecule has 0 unspecified atom stereocenters. The Morgan fingerprint density at radius 3 is 2.79 bits per heavy atom. The molecule has 1 fully saturated rings. The van der Waals surface area contributed by atoms with Gasteiger partial charge in [0, 0.05) is 5.92 Å². The highest BCUT2D eigenvalue weighted by Crippen LogP contribution is 2.44. The molecule has 2 rings (SSSR count). The summed E-state index contributed by atoms with van der Waals surface area (Å²) in [6.45, 7) is 1.89. The molecule has 0 saturated heterocycles. The first-order chi connectivity index (χ1) is 9.11. The maximum Gasteiger partial charge on any atom is 0.317 e. The van der Waals surface area contributed by atoms with Gasteiger partial charge in [0.05, 0.1) is 6.61 Å². The summed E-state index contributed by atoms with van der Waals surface area (Å²) in [6.07, 6.45) is 3.29. The van der Waals surface area contributed by atoms with Crippen LogP contribution in [0, 0.1) is 29.1 Å². The van der Waals surface area contributed by atoms with Crippen molar-refractivity contribution in [3.05, 3.63) is 11.3 Å². The molecule has 1 N–H and O–H groups in total. The number of carbonyl (C=O) groups is 2. The van der Waals surface area contributed by atoms with Crippen LogP contribution in [-0.2, 0) is 14.3 Å². The molecule has 2 aliphatic rings. The quantitative estimate of drug-likeness (QED) is 0.607. The second kappa shape index (κ2) is 5.43. The number of fused-ring (bicyclic) bond motifs is 1. The van der Waals surface area contributed by atoms with Crippen LogP contribution in [0.2, 0.25) is 0 Å². The van der Waals surface area contributed by atoms with Crippen LogP contribution in [0.15, 0.2) is 11.3 Å². The summed E-state index contributed by atoms with van der Waals surface area (Å²) in [4.78, 5) is 24.2. The Balaban J connectivity index is 2.41. The fraction of sp³-hybridized carbons (Fsp3) is 0.643. The maximum atomic E-state index is 12.2. The van der Waals surface area contributed by atoms with Gasteiger partial charge in [0.15, 0.2) is 5.78 Å². The van der Waals surface area contributed by atoms with Crippen molar-refractivity contribution in [2.45, 2.75) is 32.6 Å². The molecule has 102 valence electrons. The number of aliphatic hydroxyl groups excluding tert-OH is 1. The molecular weight excluding hydrogens is 246 g/mol. The molecule has 0 aromatic carbocycles. The summed E-state index contributed by atoms with van der Waals surface area (Å²) in [5, 5.41) is 19.1. The number of ether oxygens (including phenoxy) is 1.